The van der Waals surface area contributed by atoms with E-state index in [4.69, 9.17) is 27.1 Å². The van der Waals surface area contributed by atoms with Crippen LogP contribution in [0, 0.1) is 5.41 Å². The van der Waals surface area contributed by atoms with Gasteiger partial charge in [-0.1, -0.05) is 62.7 Å². The van der Waals surface area contributed by atoms with E-state index in [1.165, 1.54) is 23.1 Å². The molecule has 3 N–H and O–H groups in total. The van der Waals surface area contributed by atoms with E-state index in [-0.39, 0.29) is 28.7 Å². The molecule has 3 atom stereocenters. The fourth-order valence-corrected chi connectivity index (χ4v) is 6.29. The number of benzene rings is 2. The summed E-state index contributed by atoms with van der Waals surface area (Å²) in [5, 5.41) is 10.3. The molecule has 0 bridgehead atoms. The predicted octanol–water partition coefficient (Wildman–Crippen LogP) is 5.92. The second-order valence-electron chi connectivity index (χ2n) is 13.5. The van der Waals surface area contributed by atoms with Crippen LogP contribution in [0.3, 0.4) is 0 Å². The first-order chi connectivity index (χ1) is 23.5. The SMILES string of the molecule is Cn1cc(-c2ccc([C@@]3(CC(C)(C)C)N=C(N)N([C@H](COC(=O)N[C@H]4CC4(F)F)c4ccc(Cl)c(-n5ncnc5C(F)F)c4)C3=O)cc2)cn1. The number of nitrogens with one attached hydrogen (secondary N) is 1. The lowest BCUT2D eigenvalue weighted by molar-refractivity contribution is -0.135. The van der Waals surface area contributed by atoms with Crippen molar-refractivity contribution in [2.24, 2.45) is 23.2 Å². The van der Waals surface area contributed by atoms with E-state index in [0.717, 1.165) is 22.1 Å². The Hall–Kier alpha value is -4.99. The van der Waals surface area contributed by atoms with Gasteiger partial charge in [-0.25, -0.2) is 37.0 Å². The summed E-state index contributed by atoms with van der Waals surface area (Å²) in [5.74, 6) is -4.49. The van der Waals surface area contributed by atoms with Crippen LogP contribution < -0.4 is 11.1 Å². The highest BCUT2D eigenvalue weighted by molar-refractivity contribution is 6.32. The molecule has 0 unspecified atom stereocenters. The van der Waals surface area contributed by atoms with E-state index in [2.05, 4.69) is 20.5 Å². The number of rotatable bonds is 10. The van der Waals surface area contributed by atoms with Crippen molar-refractivity contribution < 1.29 is 31.9 Å². The van der Waals surface area contributed by atoms with Crippen molar-refractivity contribution in [2.45, 2.75) is 63.6 Å². The number of alkyl carbamates (subject to hydrolysis) is 1. The van der Waals surface area contributed by atoms with Crippen molar-refractivity contribution in [1.29, 1.82) is 0 Å². The Morgan fingerprint density at radius 3 is 2.44 bits per heavy atom. The molecule has 2 aromatic heterocycles. The van der Waals surface area contributed by atoms with Crippen LogP contribution in [0.25, 0.3) is 16.8 Å². The Morgan fingerprint density at radius 2 is 1.84 bits per heavy atom. The fourth-order valence-electron chi connectivity index (χ4n) is 6.10. The Bertz CT molecular complexity index is 1960. The van der Waals surface area contributed by atoms with Crippen LogP contribution in [0.1, 0.15) is 63.0 Å². The van der Waals surface area contributed by atoms with Crippen LogP contribution in [-0.4, -0.2) is 66.0 Å². The van der Waals surface area contributed by atoms with Gasteiger partial charge in [0.05, 0.1) is 22.9 Å². The molecule has 1 saturated carbocycles. The number of nitrogens with zero attached hydrogens (tertiary/aromatic N) is 7. The van der Waals surface area contributed by atoms with Gasteiger partial charge in [-0.05, 0) is 40.7 Å². The van der Waals surface area contributed by atoms with Gasteiger partial charge < -0.3 is 15.8 Å². The van der Waals surface area contributed by atoms with Gasteiger partial charge in [0.15, 0.2) is 17.3 Å². The molecule has 6 rings (SSSR count). The quantitative estimate of drug-likeness (QED) is 0.194. The standard InChI is InChI=1S/C33H34ClF4N9O3/c1-31(2,3)16-32(21-8-5-18(6-9-21)20-13-41-45(4)14-20)28(48)46(29(39)44-32)24(15-50-30(49)43-25-12-33(25,37)38)19-7-10-22(34)23(11-19)47-27(26(35)36)40-17-42-47/h5-11,13-14,17,24-26H,12,15-16H2,1-4H3,(H2,39,44)(H,43,49)/t24-,25+,32-/m1/s1. The zero-order valence-electron chi connectivity index (χ0n) is 27.4. The van der Waals surface area contributed by atoms with Crippen LogP contribution >= 0.6 is 11.6 Å². The van der Waals surface area contributed by atoms with E-state index in [9.17, 15) is 27.2 Å². The summed E-state index contributed by atoms with van der Waals surface area (Å²) in [4.78, 5) is 37.0. The molecular formula is C33H34ClF4N9O3. The van der Waals surface area contributed by atoms with Crippen molar-refractivity contribution in [2.75, 3.05) is 6.61 Å². The van der Waals surface area contributed by atoms with Crippen LogP contribution in [0.15, 0.2) is 66.2 Å². The van der Waals surface area contributed by atoms with Crippen molar-refractivity contribution in [3.63, 3.8) is 0 Å². The molecule has 1 fully saturated rings. The summed E-state index contributed by atoms with van der Waals surface area (Å²) in [7, 11) is 1.80. The monoisotopic (exact) mass is 715 g/mol. The molecular weight excluding hydrogens is 682 g/mol. The molecule has 50 heavy (non-hydrogen) atoms. The number of aromatic nitrogens is 5. The minimum atomic E-state index is -3.05. The molecule has 3 heterocycles. The van der Waals surface area contributed by atoms with Crippen LogP contribution in [-0.2, 0) is 22.1 Å². The summed E-state index contributed by atoms with van der Waals surface area (Å²) >= 11 is 6.43. The minimum Gasteiger partial charge on any atom is -0.447 e. The largest absolute Gasteiger partial charge is 0.447 e. The number of aryl methyl sites for hydroxylation is 1. The van der Waals surface area contributed by atoms with E-state index < -0.39 is 66.2 Å². The van der Waals surface area contributed by atoms with Gasteiger partial charge in [-0.2, -0.15) is 10.2 Å². The number of carbonyl (C=O) groups excluding carboxylic acids is 2. The molecule has 0 saturated heterocycles. The van der Waals surface area contributed by atoms with Gasteiger partial charge in [0.2, 0.25) is 0 Å². The van der Waals surface area contributed by atoms with E-state index in [1.54, 1.807) is 30.1 Å². The van der Waals surface area contributed by atoms with Crippen LogP contribution in [0.4, 0.5) is 22.4 Å². The van der Waals surface area contributed by atoms with Gasteiger partial charge in [0.25, 0.3) is 18.3 Å². The number of nitrogens with two attached hydrogens (primary N) is 1. The van der Waals surface area contributed by atoms with Crippen molar-refractivity contribution in [1.82, 2.24) is 34.8 Å². The molecule has 4 aromatic rings. The lowest BCUT2D eigenvalue weighted by atomic mass is 9.75. The number of hydrogen-bond acceptors (Lipinski definition) is 8. The Kier molecular flexibility index (Phi) is 8.87. The highest BCUT2D eigenvalue weighted by atomic mass is 35.5. The second kappa shape index (κ2) is 12.7. The maximum atomic E-state index is 14.8. The molecule has 0 radical (unpaired) electrons. The summed E-state index contributed by atoms with van der Waals surface area (Å²) in [5.41, 5.74) is 7.10. The zero-order valence-corrected chi connectivity index (χ0v) is 28.2. The first-order valence-electron chi connectivity index (χ1n) is 15.6. The Balaban J connectivity index is 1.40. The maximum absolute atomic E-state index is 14.8. The molecule has 2 aliphatic rings. The third kappa shape index (κ3) is 6.75. The maximum Gasteiger partial charge on any atom is 0.407 e. The number of ether oxygens (including phenoxy) is 1. The average Bonchev–Trinajstić information content (AvgIpc) is 3.45. The zero-order chi connectivity index (χ0) is 36.2. The number of halogens is 5. The summed E-state index contributed by atoms with van der Waals surface area (Å²) < 4.78 is 62.6. The van der Waals surface area contributed by atoms with E-state index in [1.807, 2.05) is 39.1 Å². The first kappa shape index (κ1) is 34.9. The number of carbonyl (C=O) groups is 2. The smallest absolute Gasteiger partial charge is 0.407 e. The Labute approximate surface area is 289 Å². The minimum absolute atomic E-state index is 0.00172. The molecule has 1 aliphatic carbocycles. The number of amides is 2. The molecule has 1 aliphatic heterocycles. The van der Waals surface area contributed by atoms with Gasteiger partial charge in [0.1, 0.15) is 19.0 Å². The third-order valence-corrected chi connectivity index (χ3v) is 8.79. The van der Waals surface area contributed by atoms with E-state index >= 15 is 0 Å². The average molecular weight is 716 g/mol. The highest BCUT2D eigenvalue weighted by Gasteiger charge is 2.58. The lowest BCUT2D eigenvalue weighted by Gasteiger charge is -2.35. The molecule has 0 spiro atoms. The normalized spacial score (nSPS) is 20.6. The Morgan fingerprint density at radius 1 is 1.14 bits per heavy atom. The summed E-state index contributed by atoms with van der Waals surface area (Å²) in [6.07, 6.45) is 0.0627. The number of aliphatic imine (C=N–C) groups is 1. The third-order valence-electron chi connectivity index (χ3n) is 8.47. The number of hydrogen-bond donors (Lipinski definition) is 2. The molecule has 2 aromatic carbocycles. The summed E-state index contributed by atoms with van der Waals surface area (Å²) in [6, 6.07) is 8.97. The van der Waals surface area contributed by atoms with Crippen molar-refractivity contribution in [3.8, 4) is 16.8 Å². The second-order valence-corrected chi connectivity index (χ2v) is 13.9. The number of guanidine groups is 1. The first-order valence-corrected chi connectivity index (χ1v) is 15.9. The van der Waals surface area contributed by atoms with Gasteiger partial charge in [-0.3, -0.25) is 14.4 Å². The van der Waals surface area contributed by atoms with Gasteiger partial charge in [-0.15, -0.1) is 0 Å². The number of alkyl halides is 4. The molecule has 264 valence electrons. The molecule has 17 heteroatoms. The summed E-state index contributed by atoms with van der Waals surface area (Å²) in [6.45, 7) is 5.27. The van der Waals surface area contributed by atoms with Crippen molar-refractivity contribution in [3.05, 3.63) is 83.2 Å². The topological polar surface area (TPSA) is 146 Å². The van der Waals surface area contributed by atoms with Crippen LogP contribution in [0.5, 0.6) is 0 Å². The van der Waals surface area contributed by atoms with Gasteiger partial charge >= 0.3 is 6.09 Å². The molecule has 12 nitrogen and oxygen atoms in total. The molecule has 2 amide bonds. The predicted molar refractivity (Wildman–Crippen MR) is 175 cm³/mol. The van der Waals surface area contributed by atoms with E-state index in [0.29, 0.717) is 5.56 Å². The van der Waals surface area contributed by atoms with Crippen molar-refractivity contribution >= 4 is 29.6 Å². The lowest BCUT2D eigenvalue weighted by Crippen LogP contribution is -2.47. The van der Waals surface area contributed by atoms with Crippen LogP contribution in [0.2, 0.25) is 5.02 Å². The fraction of sp³-hybridized carbons (Fsp3) is 0.394. The highest BCUT2D eigenvalue weighted by Crippen LogP contribution is 2.46. The van der Waals surface area contributed by atoms with Gasteiger partial charge in [0, 0.05) is 25.2 Å².